The lowest BCUT2D eigenvalue weighted by molar-refractivity contribution is 0.0523. The predicted molar refractivity (Wildman–Crippen MR) is 126 cm³/mol. The highest BCUT2D eigenvalue weighted by molar-refractivity contribution is 6.05. The van der Waals surface area contributed by atoms with Crippen molar-refractivity contribution in [2.24, 2.45) is 0 Å². The van der Waals surface area contributed by atoms with Crippen molar-refractivity contribution in [1.82, 2.24) is 0 Å². The molecule has 0 spiro atoms. The van der Waals surface area contributed by atoms with Crippen molar-refractivity contribution in [2.75, 3.05) is 27.9 Å². The molecule has 0 fully saturated rings. The molecule has 0 amide bonds. The van der Waals surface area contributed by atoms with Crippen molar-refractivity contribution in [2.45, 2.75) is 33.1 Å². The maximum atomic E-state index is 12.9. The van der Waals surface area contributed by atoms with Gasteiger partial charge in [-0.3, -0.25) is 0 Å². The summed E-state index contributed by atoms with van der Waals surface area (Å²) in [6, 6.07) is 7.86. The maximum absolute atomic E-state index is 12.9. The van der Waals surface area contributed by atoms with Gasteiger partial charge in [-0.2, -0.15) is 0 Å². The summed E-state index contributed by atoms with van der Waals surface area (Å²) in [7, 11) is 4.40. The molecule has 0 radical (unpaired) electrons. The van der Waals surface area contributed by atoms with E-state index in [0.717, 1.165) is 0 Å². The van der Waals surface area contributed by atoms with Gasteiger partial charge in [-0.05, 0) is 37.3 Å². The molecule has 9 nitrogen and oxygen atoms in total. The number of hydrogen-bond acceptors (Lipinski definition) is 8. The highest BCUT2D eigenvalue weighted by Gasteiger charge is 2.30. The van der Waals surface area contributed by atoms with Crippen LogP contribution in [0.15, 0.2) is 34.7 Å². The zero-order chi connectivity index (χ0) is 24.3. The van der Waals surface area contributed by atoms with Crippen molar-refractivity contribution in [3.63, 3.8) is 0 Å². The third-order valence-electron chi connectivity index (χ3n) is 4.93. The van der Waals surface area contributed by atoms with Gasteiger partial charge >= 0.3 is 11.9 Å². The second kappa shape index (κ2) is 10.5. The molecule has 0 atom stereocenters. The van der Waals surface area contributed by atoms with Crippen LogP contribution in [-0.2, 0) is 10.2 Å². The zero-order valence-corrected chi connectivity index (χ0v) is 20.4. The molecule has 0 unspecified atom stereocenters. The Labute approximate surface area is 197 Å². The molecule has 3 rings (SSSR count). The molecule has 0 saturated carbocycles. The molecule has 34 heavy (non-hydrogen) atoms. The van der Waals surface area contributed by atoms with E-state index in [0.29, 0.717) is 39.5 Å². The average Bonchev–Trinajstić information content (AvgIpc) is 3.17. The number of ether oxygens (including phenoxy) is 5. The summed E-state index contributed by atoms with van der Waals surface area (Å²) in [6.07, 6.45) is 0. The number of carbonyl (C=O) groups is 2. The average molecular weight is 475 g/mol. The molecular formula is C25H30O9. The van der Waals surface area contributed by atoms with Gasteiger partial charge in [-0.15, -0.1) is 0 Å². The zero-order valence-electron chi connectivity index (χ0n) is 20.4. The molecule has 2 N–H and O–H groups in total. The Morgan fingerprint density at radius 2 is 1.53 bits per heavy atom. The van der Waals surface area contributed by atoms with Gasteiger partial charge in [-0.1, -0.05) is 20.8 Å². The number of hydrogen-bond donors (Lipinski definition) is 0. The topological polar surface area (TPSA) is 125 Å². The van der Waals surface area contributed by atoms with Gasteiger partial charge in [0.15, 0.2) is 11.5 Å². The molecule has 0 aliphatic heterocycles. The van der Waals surface area contributed by atoms with Crippen LogP contribution < -0.4 is 18.9 Å². The van der Waals surface area contributed by atoms with Gasteiger partial charge in [0.25, 0.3) is 0 Å². The Hall–Kier alpha value is -3.72. The van der Waals surface area contributed by atoms with E-state index in [4.69, 9.17) is 28.1 Å². The molecule has 2 aromatic carbocycles. The quantitative estimate of drug-likeness (QED) is 0.366. The van der Waals surface area contributed by atoms with E-state index in [1.807, 2.05) is 20.8 Å². The summed E-state index contributed by atoms with van der Waals surface area (Å²) in [5, 5.41) is 0.508. The number of benzene rings is 2. The minimum absolute atomic E-state index is 0. The van der Waals surface area contributed by atoms with Crippen LogP contribution in [-0.4, -0.2) is 45.4 Å². The van der Waals surface area contributed by atoms with Gasteiger partial charge in [0.1, 0.15) is 22.7 Å². The monoisotopic (exact) mass is 474 g/mol. The van der Waals surface area contributed by atoms with Gasteiger partial charge in [0, 0.05) is 10.8 Å². The lowest BCUT2D eigenvalue weighted by atomic mass is 9.89. The first kappa shape index (κ1) is 26.5. The smallest absolute Gasteiger partial charge is 0.343 e. The molecule has 1 heterocycles. The Balaban J connectivity index is 0.00000408. The van der Waals surface area contributed by atoms with Crippen LogP contribution >= 0.6 is 0 Å². The van der Waals surface area contributed by atoms with Crippen LogP contribution in [0.25, 0.3) is 11.0 Å². The summed E-state index contributed by atoms with van der Waals surface area (Å²) in [6.45, 7) is 7.79. The summed E-state index contributed by atoms with van der Waals surface area (Å²) < 4.78 is 32.7. The minimum atomic E-state index is -0.633. The third kappa shape index (κ3) is 5.09. The van der Waals surface area contributed by atoms with Gasteiger partial charge < -0.3 is 33.6 Å². The number of carbonyl (C=O) groups excluding carboxylic acids is 2. The molecule has 3 aromatic rings. The van der Waals surface area contributed by atoms with E-state index in [1.54, 1.807) is 25.1 Å². The SMILES string of the molecule is CCOC(=O)c1c(C(C)(C)C)oc2ccc(OC(=O)c3cc(OC)c(OC)c(OC)c3)cc12.O. The molecule has 0 aliphatic rings. The van der Waals surface area contributed by atoms with E-state index >= 15 is 0 Å². The molecule has 0 aliphatic carbocycles. The standard InChI is InChI=1S/C25H28O8.H2O/c1-8-31-24(27)20-16-13-15(9-10-17(16)33-22(20)25(2,3)4)32-23(26)14-11-18(28-5)21(30-7)19(12-14)29-6;/h9-13H,8H2,1-7H3;1H2. The lowest BCUT2D eigenvalue weighted by Crippen LogP contribution is -2.16. The van der Waals surface area contributed by atoms with E-state index < -0.39 is 17.4 Å². The molecule has 0 bridgehead atoms. The highest BCUT2D eigenvalue weighted by atomic mass is 16.5. The van der Waals surface area contributed by atoms with Crippen molar-refractivity contribution in [3.8, 4) is 23.0 Å². The van der Waals surface area contributed by atoms with Crippen LogP contribution in [0.4, 0.5) is 0 Å². The Kier molecular flexibility index (Phi) is 8.17. The van der Waals surface area contributed by atoms with Gasteiger partial charge in [0.2, 0.25) is 5.75 Å². The summed E-state index contributed by atoms with van der Waals surface area (Å²) in [5.74, 6) is 0.643. The highest BCUT2D eigenvalue weighted by Crippen LogP contribution is 2.39. The van der Waals surface area contributed by atoms with E-state index in [9.17, 15) is 9.59 Å². The number of esters is 2. The van der Waals surface area contributed by atoms with Crippen LogP contribution in [0.5, 0.6) is 23.0 Å². The maximum Gasteiger partial charge on any atom is 0.343 e. The number of methoxy groups -OCH3 is 3. The Morgan fingerprint density at radius 1 is 0.912 bits per heavy atom. The van der Waals surface area contributed by atoms with Crippen molar-refractivity contribution < 1.29 is 43.2 Å². The summed E-state index contributed by atoms with van der Waals surface area (Å²) >= 11 is 0. The number of fused-ring (bicyclic) bond motifs is 1. The van der Waals surface area contributed by atoms with E-state index in [2.05, 4.69) is 0 Å². The second-order valence-electron chi connectivity index (χ2n) is 8.24. The minimum Gasteiger partial charge on any atom is -0.493 e. The third-order valence-corrected chi connectivity index (χ3v) is 4.93. The molecule has 9 heteroatoms. The first-order chi connectivity index (χ1) is 15.6. The number of furan rings is 1. The predicted octanol–water partition coefficient (Wildman–Crippen LogP) is 4.33. The van der Waals surface area contributed by atoms with Crippen LogP contribution in [0, 0.1) is 0 Å². The summed E-state index contributed by atoms with van der Waals surface area (Å²) in [4.78, 5) is 25.6. The molecule has 1 aromatic heterocycles. The molecule has 184 valence electrons. The largest absolute Gasteiger partial charge is 0.493 e. The molecular weight excluding hydrogens is 444 g/mol. The van der Waals surface area contributed by atoms with Crippen molar-refractivity contribution in [1.29, 1.82) is 0 Å². The fraction of sp³-hybridized carbons (Fsp3) is 0.360. The summed E-state index contributed by atoms with van der Waals surface area (Å²) in [5.41, 5.74) is 0.590. The first-order valence-electron chi connectivity index (χ1n) is 10.4. The fourth-order valence-electron chi connectivity index (χ4n) is 3.44. The van der Waals surface area contributed by atoms with E-state index in [1.165, 1.54) is 33.5 Å². The van der Waals surface area contributed by atoms with Crippen LogP contribution in [0.3, 0.4) is 0 Å². The van der Waals surface area contributed by atoms with Crippen LogP contribution in [0.2, 0.25) is 0 Å². The van der Waals surface area contributed by atoms with Crippen molar-refractivity contribution >= 4 is 22.9 Å². The molecule has 0 saturated heterocycles. The normalized spacial score (nSPS) is 10.9. The lowest BCUT2D eigenvalue weighted by Gasteiger charge is -2.16. The Morgan fingerprint density at radius 3 is 2.03 bits per heavy atom. The van der Waals surface area contributed by atoms with Gasteiger partial charge in [-0.25, -0.2) is 9.59 Å². The first-order valence-corrected chi connectivity index (χ1v) is 10.4. The second-order valence-corrected chi connectivity index (χ2v) is 8.24. The van der Waals surface area contributed by atoms with E-state index in [-0.39, 0.29) is 23.4 Å². The fourth-order valence-corrected chi connectivity index (χ4v) is 3.44. The van der Waals surface area contributed by atoms with Crippen LogP contribution in [0.1, 0.15) is 54.2 Å². The van der Waals surface area contributed by atoms with Gasteiger partial charge in [0.05, 0.1) is 33.5 Å². The Bertz CT molecular complexity index is 1160. The number of rotatable bonds is 7. The van der Waals surface area contributed by atoms with Crippen molar-refractivity contribution in [3.05, 3.63) is 47.2 Å².